The number of amides is 1. The van der Waals surface area contributed by atoms with Gasteiger partial charge in [-0.2, -0.15) is 13.2 Å². The molecule has 2 heterocycles. The Morgan fingerprint density at radius 2 is 1.82 bits per heavy atom. The lowest BCUT2D eigenvalue weighted by molar-refractivity contribution is -0.137. The number of rotatable bonds is 5. The molecule has 2 saturated heterocycles. The number of benzene rings is 2. The Morgan fingerprint density at radius 1 is 1.12 bits per heavy atom. The number of nitrogens with one attached hydrogen (secondary N) is 2. The molecule has 0 radical (unpaired) electrons. The van der Waals surface area contributed by atoms with Crippen molar-refractivity contribution in [1.82, 2.24) is 9.80 Å². The largest absolute Gasteiger partial charge is 0.418 e. The lowest BCUT2D eigenvalue weighted by Gasteiger charge is -2.43. The summed E-state index contributed by atoms with van der Waals surface area (Å²) in [4.78, 5) is 12.7. The van der Waals surface area contributed by atoms with Gasteiger partial charge in [0.1, 0.15) is 11.7 Å². The van der Waals surface area contributed by atoms with Gasteiger partial charge in [-0.25, -0.2) is 8.42 Å². The van der Waals surface area contributed by atoms with Crippen molar-refractivity contribution in [2.75, 3.05) is 31.2 Å². The van der Waals surface area contributed by atoms with Crippen molar-refractivity contribution in [1.29, 1.82) is 0 Å². The summed E-state index contributed by atoms with van der Waals surface area (Å²) in [6.07, 6.45) is -0.786. The quantitative estimate of drug-likeness (QED) is 0.608. The molecule has 0 aliphatic carbocycles. The van der Waals surface area contributed by atoms with Gasteiger partial charge in [0.25, 0.3) is 5.91 Å². The van der Waals surface area contributed by atoms with E-state index < -0.39 is 27.5 Å². The van der Waals surface area contributed by atoms with Crippen LogP contribution in [-0.4, -0.2) is 52.3 Å². The number of quaternary nitrogens is 1. The first-order chi connectivity index (χ1) is 15.9. The third-order valence-electron chi connectivity index (χ3n) is 7.20. The average molecular weight is 497 g/mol. The molecule has 4 rings (SSSR count). The fourth-order valence-electron chi connectivity index (χ4n) is 5.45. The molecule has 3 atom stereocenters. The summed E-state index contributed by atoms with van der Waals surface area (Å²) in [6, 6.07) is 9.76. The van der Waals surface area contributed by atoms with Gasteiger partial charge < -0.3 is 10.6 Å². The van der Waals surface area contributed by atoms with Crippen LogP contribution in [0.15, 0.2) is 47.4 Å². The normalized spacial score (nSPS) is 25.4. The number of alkyl halides is 3. The predicted octanol–water partition coefficient (Wildman–Crippen LogP) is 4.21. The molecule has 34 heavy (non-hydrogen) atoms. The number of likely N-dealkylation sites (tertiary alicyclic amines) is 1. The first-order valence-corrected chi connectivity index (χ1v) is 13.2. The maximum atomic E-state index is 14.1. The van der Waals surface area contributed by atoms with E-state index in [-0.39, 0.29) is 28.2 Å². The number of halogens is 3. The van der Waals surface area contributed by atoms with Crippen LogP contribution in [-0.2, 0) is 16.0 Å². The fourth-order valence-corrected chi connectivity index (χ4v) is 6.08. The molecule has 0 bridgehead atoms. The van der Waals surface area contributed by atoms with Crippen molar-refractivity contribution in [2.45, 2.75) is 49.3 Å². The molecule has 0 aromatic heterocycles. The van der Waals surface area contributed by atoms with Crippen LogP contribution >= 0.6 is 0 Å². The molecule has 2 aromatic carbocycles. The number of hydrogen-bond donors (Lipinski definition) is 2. The maximum absolute atomic E-state index is 14.1. The van der Waals surface area contributed by atoms with Crippen LogP contribution in [0.2, 0.25) is 0 Å². The summed E-state index contributed by atoms with van der Waals surface area (Å²) in [5.74, 6) is -0.739. The van der Waals surface area contributed by atoms with E-state index >= 15 is 0 Å². The zero-order chi connectivity index (χ0) is 24.7. The Morgan fingerprint density at radius 3 is 2.35 bits per heavy atom. The van der Waals surface area contributed by atoms with E-state index in [2.05, 4.69) is 17.6 Å². The Bertz CT molecular complexity index is 1180. The van der Waals surface area contributed by atoms with Gasteiger partial charge in [0.05, 0.1) is 28.7 Å². The molecule has 1 amide bonds. The van der Waals surface area contributed by atoms with Crippen molar-refractivity contribution < 1.29 is 26.4 Å². The molecule has 10 heteroatoms. The molecule has 0 spiro atoms. The molecular formula is C24H29F3N3O3S+. The Balaban J connectivity index is 1.68. The van der Waals surface area contributed by atoms with Crippen molar-refractivity contribution in [3.05, 3.63) is 53.6 Å². The first-order valence-electron chi connectivity index (χ1n) is 11.3. The maximum Gasteiger partial charge on any atom is 0.418 e. The third-order valence-corrected chi connectivity index (χ3v) is 8.33. The molecule has 2 aliphatic rings. The van der Waals surface area contributed by atoms with Gasteiger partial charge in [-0.15, -0.1) is 0 Å². The topological polar surface area (TPSA) is 75.3 Å². The minimum Gasteiger partial charge on any atom is -0.321 e. The molecular weight excluding hydrogens is 467 g/mol. The Hall–Kier alpha value is -2.43. The lowest BCUT2D eigenvalue weighted by Crippen LogP contribution is -2.59. The van der Waals surface area contributed by atoms with Gasteiger partial charge in [-0.05, 0) is 37.3 Å². The highest BCUT2D eigenvalue weighted by atomic mass is 32.2. The van der Waals surface area contributed by atoms with Crippen LogP contribution < -0.4 is 15.1 Å². The first kappa shape index (κ1) is 24.7. The Labute approximate surface area is 197 Å². The van der Waals surface area contributed by atoms with E-state index in [1.54, 1.807) is 6.07 Å². The number of sulfone groups is 1. The molecule has 2 N–H and O–H groups in total. The summed E-state index contributed by atoms with van der Waals surface area (Å²) in [7, 11) is -3.45. The molecule has 6 nitrogen and oxygen atoms in total. The van der Waals surface area contributed by atoms with Crippen molar-refractivity contribution in [3.8, 4) is 0 Å². The lowest BCUT2D eigenvalue weighted by atomic mass is 10.0. The summed E-state index contributed by atoms with van der Waals surface area (Å²) in [5, 5.41) is 5.72. The number of hydrogen-bond acceptors (Lipinski definition) is 4. The van der Waals surface area contributed by atoms with E-state index in [0.29, 0.717) is 10.2 Å². The minimum absolute atomic E-state index is 0.0273. The molecule has 2 fully saturated rings. The SMILES string of the molecule is CC1CCC[N+]1(c1ccc(NC(=O)c2ccc(S(C)(=O)=O)cc2)c(C(F)(F)F)c1)C1CCNC1. The van der Waals surface area contributed by atoms with E-state index in [0.717, 1.165) is 45.2 Å². The van der Waals surface area contributed by atoms with E-state index in [1.165, 1.54) is 36.4 Å². The summed E-state index contributed by atoms with van der Waals surface area (Å²) in [5.41, 5.74) is -0.503. The Kier molecular flexibility index (Phi) is 6.52. The average Bonchev–Trinajstić information content (AvgIpc) is 3.43. The number of anilines is 1. The highest BCUT2D eigenvalue weighted by molar-refractivity contribution is 7.90. The van der Waals surface area contributed by atoms with Gasteiger partial charge in [-0.1, -0.05) is 0 Å². The van der Waals surface area contributed by atoms with Crippen molar-refractivity contribution in [2.24, 2.45) is 0 Å². The van der Waals surface area contributed by atoms with Crippen LogP contribution in [0.3, 0.4) is 0 Å². The smallest absolute Gasteiger partial charge is 0.321 e. The van der Waals surface area contributed by atoms with Crippen LogP contribution in [0.1, 0.15) is 42.1 Å². The molecule has 3 unspecified atom stereocenters. The monoisotopic (exact) mass is 496 g/mol. The summed E-state index contributed by atoms with van der Waals surface area (Å²) in [6.45, 7) is 4.53. The zero-order valence-electron chi connectivity index (χ0n) is 19.2. The standard InChI is InChI=1S/C24H28F3N3O3S/c1-16-4-3-13-30(16,19-11-12-28-15-19)18-7-10-22(21(14-18)24(25,26)27)29-23(31)17-5-8-20(9-6-17)34(2,32)33/h5-10,14,16,19,28H,3-4,11-13,15H2,1-2H3/p+1. The number of nitrogens with zero attached hydrogens (tertiary/aromatic N) is 1. The minimum atomic E-state index is -4.65. The molecule has 184 valence electrons. The van der Waals surface area contributed by atoms with Crippen LogP contribution in [0.5, 0.6) is 0 Å². The second kappa shape index (κ2) is 8.98. The number of carbonyl (C=O) groups excluding carboxylic acids is 1. The van der Waals surface area contributed by atoms with Crippen molar-refractivity contribution >= 4 is 27.1 Å². The van der Waals surface area contributed by atoms with Gasteiger partial charge >= 0.3 is 6.18 Å². The van der Waals surface area contributed by atoms with E-state index in [9.17, 15) is 26.4 Å². The van der Waals surface area contributed by atoms with E-state index in [1.807, 2.05) is 0 Å². The third kappa shape index (κ3) is 4.58. The second-order valence-corrected chi connectivity index (χ2v) is 11.3. The highest BCUT2D eigenvalue weighted by Gasteiger charge is 2.49. The molecule has 2 aromatic rings. The second-order valence-electron chi connectivity index (χ2n) is 9.27. The van der Waals surface area contributed by atoms with Gasteiger partial charge in [0.2, 0.25) is 0 Å². The van der Waals surface area contributed by atoms with Gasteiger partial charge in [-0.3, -0.25) is 9.28 Å². The highest BCUT2D eigenvalue weighted by Crippen LogP contribution is 2.44. The van der Waals surface area contributed by atoms with E-state index in [4.69, 9.17) is 0 Å². The predicted molar refractivity (Wildman–Crippen MR) is 126 cm³/mol. The summed E-state index contributed by atoms with van der Waals surface area (Å²) < 4.78 is 66.1. The van der Waals surface area contributed by atoms with Crippen molar-refractivity contribution in [3.63, 3.8) is 0 Å². The molecule has 0 saturated carbocycles. The summed E-state index contributed by atoms with van der Waals surface area (Å²) >= 11 is 0. The van der Waals surface area contributed by atoms with Gasteiger partial charge in [0, 0.05) is 56.3 Å². The molecule has 2 aliphatic heterocycles. The fraction of sp³-hybridized carbons (Fsp3) is 0.458. The van der Waals surface area contributed by atoms with Crippen LogP contribution in [0.25, 0.3) is 0 Å². The van der Waals surface area contributed by atoms with Crippen LogP contribution in [0, 0.1) is 0 Å². The van der Waals surface area contributed by atoms with Gasteiger partial charge in [0.15, 0.2) is 9.84 Å². The zero-order valence-corrected chi connectivity index (χ0v) is 20.0. The number of carbonyl (C=O) groups is 1. The van der Waals surface area contributed by atoms with Crippen LogP contribution in [0.4, 0.5) is 24.5 Å².